The van der Waals surface area contributed by atoms with Crippen molar-refractivity contribution >= 4 is 17.3 Å². The third-order valence-electron chi connectivity index (χ3n) is 12.1. The van der Waals surface area contributed by atoms with E-state index < -0.39 is 27.2 Å². The van der Waals surface area contributed by atoms with Crippen LogP contribution in [0.2, 0.25) is 0 Å². The number of rotatable bonds is 9. The molecular formula is C34H48N2O6. The van der Waals surface area contributed by atoms with Crippen molar-refractivity contribution < 1.29 is 19.4 Å². The summed E-state index contributed by atoms with van der Waals surface area (Å²) in [6.45, 7) is 12.2. The summed E-state index contributed by atoms with van der Waals surface area (Å²) >= 11 is 0. The van der Waals surface area contributed by atoms with E-state index in [4.69, 9.17) is 4.74 Å². The number of carbonyl (C=O) groups is 1. The van der Waals surface area contributed by atoms with Crippen LogP contribution in [0.25, 0.3) is 0 Å². The molecule has 0 radical (unpaired) electrons. The number of nitrogens with zero attached hydrogens (tertiary/aromatic N) is 2. The van der Waals surface area contributed by atoms with Crippen LogP contribution in [0.3, 0.4) is 0 Å². The average Bonchev–Trinajstić information content (AvgIpc) is 3.30. The molecule has 3 fully saturated rings. The zero-order chi connectivity index (χ0) is 30.4. The van der Waals surface area contributed by atoms with Crippen molar-refractivity contribution in [2.75, 3.05) is 0 Å². The van der Waals surface area contributed by atoms with E-state index in [-0.39, 0.29) is 17.1 Å². The Bertz CT molecular complexity index is 1230. The van der Waals surface area contributed by atoms with Gasteiger partial charge >= 0.3 is 5.97 Å². The Balaban J connectivity index is 1.27. The lowest BCUT2D eigenvalue weighted by Crippen LogP contribution is -2.51. The number of ether oxygens (including phenoxy) is 1. The van der Waals surface area contributed by atoms with Gasteiger partial charge in [0.15, 0.2) is 0 Å². The van der Waals surface area contributed by atoms with Crippen LogP contribution < -0.4 is 0 Å². The molecule has 0 aliphatic heterocycles. The van der Waals surface area contributed by atoms with Crippen LogP contribution in [0.15, 0.2) is 29.8 Å². The molecule has 5 rings (SSSR count). The van der Waals surface area contributed by atoms with Gasteiger partial charge in [-0.25, -0.2) is 4.79 Å². The second-order valence-corrected chi connectivity index (χ2v) is 14.8. The molecule has 8 unspecified atom stereocenters. The molecule has 0 bridgehead atoms. The van der Waals surface area contributed by atoms with E-state index in [1.165, 1.54) is 50.5 Å². The van der Waals surface area contributed by atoms with Gasteiger partial charge in [0.2, 0.25) is 0 Å². The predicted octanol–water partition coefficient (Wildman–Crippen LogP) is 9.07. The number of fused-ring (bicyclic) bond motifs is 5. The SMILES string of the molecule is CC(C)CCCC(C)C1CCC2C3CC=C4CC(OC(=O)c5cc([N+](=O)[O-])cc([N+](=O)[O-])c5)CCC4(C)C3CCC12C. The first kappa shape index (κ1) is 30.7. The van der Waals surface area contributed by atoms with Gasteiger partial charge < -0.3 is 4.74 Å². The highest BCUT2D eigenvalue weighted by atomic mass is 16.6. The zero-order valence-corrected chi connectivity index (χ0v) is 26.0. The zero-order valence-electron chi connectivity index (χ0n) is 26.0. The van der Waals surface area contributed by atoms with E-state index in [0.29, 0.717) is 17.8 Å². The Labute approximate surface area is 250 Å². The molecule has 42 heavy (non-hydrogen) atoms. The quantitative estimate of drug-likeness (QED) is 0.125. The monoisotopic (exact) mass is 580 g/mol. The number of esters is 1. The van der Waals surface area contributed by atoms with Crippen LogP contribution in [-0.4, -0.2) is 21.9 Å². The van der Waals surface area contributed by atoms with Crippen LogP contribution in [0.5, 0.6) is 0 Å². The number of non-ortho nitro benzene ring substituents is 2. The third-order valence-corrected chi connectivity index (χ3v) is 12.1. The lowest BCUT2D eigenvalue weighted by atomic mass is 9.47. The molecule has 0 spiro atoms. The van der Waals surface area contributed by atoms with Crippen LogP contribution in [0, 0.1) is 66.6 Å². The minimum Gasteiger partial charge on any atom is -0.458 e. The molecule has 0 saturated heterocycles. The summed E-state index contributed by atoms with van der Waals surface area (Å²) < 4.78 is 5.82. The van der Waals surface area contributed by atoms with Crippen molar-refractivity contribution in [2.45, 2.75) is 111 Å². The summed E-state index contributed by atoms with van der Waals surface area (Å²) in [6.07, 6.45) is 14.9. The van der Waals surface area contributed by atoms with Gasteiger partial charge in [-0.2, -0.15) is 0 Å². The summed E-state index contributed by atoms with van der Waals surface area (Å²) in [4.78, 5) is 34.1. The fourth-order valence-electron chi connectivity index (χ4n) is 9.90. The molecule has 1 aromatic rings. The molecule has 8 nitrogen and oxygen atoms in total. The fourth-order valence-corrected chi connectivity index (χ4v) is 9.90. The van der Waals surface area contributed by atoms with Gasteiger partial charge in [-0.3, -0.25) is 20.2 Å². The van der Waals surface area contributed by atoms with E-state index in [9.17, 15) is 25.0 Å². The summed E-state index contributed by atoms with van der Waals surface area (Å²) in [7, 11) is 0. The first-order valence-corrected chi connectivity index (χ1v) is 16.2. The van der Waals surface area contributed by atoms with Gasteiger partial charge in [0.05, 0.1) is 21.5 Å². The van der Waals surface area contributed by atoms with Crippen molar-refractivity contribution in [2.24, 2.45) is 46.3 Å². The fraction of sp³-hybridized carbons (Fsp3) is 0.735. The lowest BCUT2D eigenvalue weighted by Gasteiger charge is -2.58. The highest BCUT2D eigenvalue weighted by Gasteiger charge is 2.59. The maximum atomic E-state index is 13.0. The Morgan fingerprint density at radius 3 is 2.29 bits per heavy atom. The number of hydrogen-bond donors (Lipinski definition) is 0. The van der Waals surface area contributed by atoms with Crippen molar-refractivity contribution in [1.29, 1.82) is 0 Å². The first-order chi connectivity index (χ1) is 19.8. The van der Waals surface area contributed by atoms with Crippen LogP contribution in [0.4, 0.5) is 11.4 Å². The van der Waals surface area contributed by atoms with Crippen LogP contribution in [0.1, 0.15) is 116 Å². The van der Waals surface area contributed by atoms with Crippen molar-refractivity contribution in [3.8, 4) is 0 Å². The lowest BCUT2D eigenvalue weighted by molar-refractivity contribution is -0.394. The van der Waals surface area contributed by atoms with Gasteiger partial charge in [0.1, 0.15) is 6.10 Å². The Kier molecular flexibility index (Phi) is 8.56. The number of nitro groups is 2. The normalized spacial score (nSPS) is 34.5. The summed E-state index contributed by atoms with van der Waals surface area (Å²) in [5.74, 6) is 3.81. The van der Waals surface area contributed by atoms with E-state index in [1.807, 2.05) is 0 Å². The maximum absolute atomic E-state index is 13.0. The largest absolute Gasteiger partial charge is 0.458 e. The average molecular weight is 581 g/mol. The van der Waals surface area contributed by atoms with Crippen LogP contribution >= 0.6 is 0 Å². The Morgan fingerprint density at radius 1 is 0.952 bits per heavy atom. The molecular weight excluding hydrogens is 532 g/mol. The topological polar surface area (TPSA) is 113 Å². The molecule has 4 aliphatic carbocycles. The molecule has 0 N–H and O–H groups in total. The van der Waals surface area contributed by atoms with Gasteiger partial charge in [-0.05, 0) is 91.3 Å². The molecule has 230 valence electrons. The van der Waals surface area contributed by atoms with Crippen molar-refractivity contribution in [1.82, 2.24) is 0 Å². The van der Waals surface area contributed by atoms with E-state index >= 15 is 0 Å². The number of carbonyl (C=O) groups excluding carboxylic acids is 1. The second-order valence-electron chi connectivity index (χ2n) is 14.8. The van der Waals surface area contributed by atoms with E-state index in [2.05, 4.69) is 40.7 Å². The van der Waals surface area contributed by atoms with E-state index in [0.717, 1.165) is 67.1 Å². The first-order valence-electron chi connectivity index (χ1n) is 16.2. The summed E-state index contributed by atoms with van der Waals surface area (Å²) in [5, 5.41) is 22.6. The second kappa shape index (κ2) is 11.7. The van der Waals surface area contributed by atoms with Gasteiger partial charge in [-0.15, -0.1) is 0 Å². The smallest absolute Gasteiger partial charge is 0.338 e. The predicted molar refractivity (Wildman–Crippen MR) is 162 cm³/mol. The number of nitro benzene ring substituents is 2. The van der Waals surface area contributed by atoms with Gasteiger partial charge in [0, 0.05) is 18.6 Å². The molecule has 0 amide bonds. The maximum Gasteiger partial charge on any atom is 0.338 e. The summed E-state index contributed by atoms with van der Waals surface area (Å²) in [6, 6.07) is 2.99. The highest BCUT2D eigenvalue weighted by Crippen LogP contribution is 2.67. The number of hydrogen-bond acceptors (Lipinski definition) is 6. The molecule has 0 heterocycles. The van der Waals surface area contributed by atoms with Crippen molar-refractivity contribution in [3.63, 3.8) is 0 Å². The Morgan fingerprint density at radius 2 is 1.64 bits per heavy atom. The summed E-state index contributed by atoms with van der Waals surface area (Å²) in [5.41, 5.74) is 0.806. The minimum absolute atomic E-state index is 0.110. The number of allylic oxidation sites excluding steroid dienone is 1. The molecule has 3 saturated carbocycles. The van der Waals surface area contributed by atoms with Crippen molar-refractivity contribution in [3.05, 3.63) is 55.6 Å². The highest BCUT2D eigenvalue weighted by molar-refractivity contribution is 5.91. The molecule has 4 aliphatic rings. The molecule has 1 aromatic carbocycles. The Hall–Kier alpha value is -2.77. The standard InChI is InChI=1S/C34H48N2O6/c1-21(2)7-6-8-22(3)29-11-12-30-28-10-9-24-19-27(13-15-33(24,4)31(28)14-16-34(29,30)5)42-32(37)23-17-25(35(38)39)20-26(18-23)36(40)41/h9,17-18,20-22,27-31H,6-8,10-16,19H2,1-5H3. The van der Waals surface area contributed by atoms with Crippen LogP contribution in [-0.2, 0) is 4.74 Å². The molecule has 0 aromatic heterocycles. The molecule has 8 heteroatoms. The molecule has 8 atom stereocenters. The number of benzene rings is 1. The third kappa shape index (κ3) is 5.62. The van der Waals surface area contributed by atoms with Gasteiger partial charge in [-0.1, -0.05) is 65.5 Å². The van der Waals surface area contributed by atoms with E-state index in [1.54, 1.807) is 0 Å². The minimum atomic E-state index is -0.738. The van der Waals surface area contributed by atoms with Gasteiger partial charge in [0.25, 0.3) is 11.4 Å².